The Morgan fingerprint density at radius 1 is 1.35 bits per heavy atom. The Morgan fingerprint density at radius 2 is 2.12 bits per heavy atom. The first-order valence-electron chi connectivity index (χ1n) is 5.06. The minimum absolute atomic E-state index is 0.0539. The average molecular weight is 260 g/mol. The molecule has 0 aromatic heterocycles. The van der Waals surface area contributed by atoms with Gasteiger partial charge in [-0.25, -0.2) is 4.79 Å². The molecule has 0 spiro atoms. The molecule has 6 heteroatoms. The van der Waals surface area contributed by atoms with E-state index in [0.717, 1.165) is 0 Å². The molecule has 0 unspecified atom stereocenters. The van der Waals surface area contributed by atoms with Crippen LogP contribution >= 0.6 is 11.6 Å². The molecule has 0 aliphatic heterocycles. The minimum Gasteiger partial charge on any atom is -0.460 e. The normalized spacial score (nSPS) is 10.2. The van der Waals surface area contributed by atoms with Gasteiger partial charge in [-0.2, -0.15) is 0 Å². The molecule has 0 aliphatic rings. The van der Waals surface area contributed by atoms with Crippen molar-refractivity contribution in [3.05, 3.63) is 28.8 Å². The summed E-state index contributed by atoms with van der Waals surface area (Å²) in [6.45, 7) is 0.545. The van der Waals surface area contributed by atoms with Crippen LogP contribution in [0.3, 0.4) is 0 Å². The summed E-state index contributed by atoms with van der Waals surface area (Å²) in [5.41, 5.74) is 6.23. The summed E-state index contributed by atoms with van der Waals surface area (Å²) in [5.74, 6) is -0.485. The van der Waals surface area contributed by atoms with Crippen LogP contribution in [0.15, 0.2) is 18.2 Å². The van der Waals surface area contributed by atoms with Gasteiger partial charge in [-0.1, -0.05) is 11.6 Å². The number of anilines is 1. The topological polar surface area (TPSA) is 81.8 Å². The summed E-state index contributed by atoms with van der Waals surface area (Å²) >= 11 is 5.73. The smallest absolute Gasteiger partial charge is 0.338 e. The molecule has 3 N–H and O–H groups in total. The number of nitrogens with two attached hydrogens (primary N) is 1. The summed E-state index contributed by atoms with van der Waals surface area (Å²) in [4.78, 5) is 11.5. The summed E-state index contributed by atoms with van der Waals surface area (Å²) < 4.78 is 9.86. The number of halogens is 1. The van der Waals surface area contributed by atoms with E-state index in [1.54, 1.807) is 0 Å². The Balaban J connectivity index is 2.39. The van der Waals surface area contributed by atoms with Crippen LogP contribution in [-0.4, -0.2) is 37.5 Å². The Hall–Kier alpha value is -1.30. The first-order chi connectivity index (χ1) is 8.15. The van der Waals surface area contributed by atoms with Crippen LogP contribution in [0.4, 0.5) is 5.69 Å². The molecule has 5 nitrogen and oxygen atoms in total. The maximum absolute atomic E-state index is 11.5. The molecule has 0 saturated carbocycles. The second kappa shape index (κ2) is 7.11. The van der Waals surface area contributed by atoms with Crippen LogP contribution in [0, 0.1) is 0 Å². The molecule has 1 rings (SSSR count). The molecule has 94 valence electrons. The number of carbonyl (C=O) groups excluding carboxylic acids is 1. The zero-order chi connectivity index (χ0) is 12.7. The van der Waals surface area contributed by atoms with Crippen molar-refractivity contribution in [1.82, 2.24) is 0 Å². The second-order valence-corrected chi connectivity index (χ2v) is 3.62. The molecule has 0 heterocycles. The lowest BCUT2D eigenvalue weighted by Gasteiger charge is -2.06. The third-order valence-electron chi connectivity index (χ3n) is 1.93. The van der Waals surface area contributed by atoms with E-state index in [0.29, 0.717) is 16.3 Å². The molecular weight excluding hydrogens is 246 g/mol. The Labute approximate surface area is 104 Å². The molecule has 0 fully saturated rings. The number of rotatable bonds is 6. The SMILES string of the molecule is Nc1cc(C(=O)OCCOCCO)ccc1Cl. The van der Waals surface area contributed by atoms with E-state index < -0.39 is 5.97 Å². The monoisotopic (exact) mass is 259 g/mol. The van der Waals surface area contributed by atoms with Gasteiger partial charge in [-0.05, 0) is 18.2 Å². The number of hydrogen-bond donors (Lipinski definition) is 2. The van der Waals surface area contributed by atoms with E-state index >= 15 is 0 Å². The first kappa shape index (κ1) is 13.8. The molecule has 0 saturated heterocycles. The zero-order valence-corrected chi connectivity index (χ0v) is 9.94. The minimum atomic E-state index is -0.485. The Morgan fingerprint density at radius 3 is 2.76 bits per heavy atom. The van der Waals surface area contributed by atoms with Crippen molar-refractivity contribution in [2.75, 3.05) is 32.2 Å². The predicted molar refractivity (Wildman–Crippen MR) is 64.1 cm³/mol. The van der Waals surface area contributed by atoms with E-state index in [2.05, 4.69) is 0 Å². The fourth-order valence-corrected chi connectivity index (χ4v) is 1.23. The number of nitrogen functional groups attached to an aromatic ring is 1. The predicted octanol–water partition coefficient (Wildman–Crippen LogP) is 1.09. The number of esters is 1. The molecule has 0 amide bonds. The van der Waals surface area contributed by atoms with Gasteiger partial charge in [-0.15, -0.1) is 0 Å². The van der Waals surface area contributed by atoms with Crippen molar-refractivity contribution < 1.29 is 19.4 Å². The maximum Gasteiger partial charge on any atom is 0.338 e. The van der Waals surface area contributed by atoms with Crippen LogP contribution in [0.25, 0.3) is 0 Å². The highest BCUT2D eigenvalue weighted by Crippen LogP contribution is 2.19. The fourth-order valence-electron chi connectivity index (χ4n) is 1.11. The molecule has 0 aliphatic carbocycles. The third-order valence-corrected chi connectivity index (χ3v) is 2.27. The number of aliphatic hydroxyl groups excluding tert-OH is 1. The van der Waals surface area contributed by atoms with Gasteiger partial charge in [0.1, 0.15) is 6.61 Å². The van der Waals surface area contributed by atoms with Gasteiger partial charge in [0.15, 0.2) is 0 Å². The molecule has 17 heavy (non-hydrogen) atoms. The van der Waals surface area contributed by atoms with E-state index in [9.17, 15) is 4.79 Å². The van der Waals surface area contributed by atoms with Gasteiger partial charge in [0.05, 0.1) is 36.1 Å². The number of carbonyl (C=O) groups is 1. The molecule has 0 radical (unpaired) electrons. The van der Waals surface area contributed by atoms with Crippen molar-refractivity contribution in [2.24, 2.45) is 0 Å². The molecule has 1 aromatic carbocycles. The third kappa shape index (κ3) is 4.60. The molecule has 0 bridgehead atoms. The lowest BCUT2D eigenvalue weighted by atomic mass is 10.2. The number of ether oxygens (including phenoxy) is 2. The van der Waals surface area contributed by atoms with Crippen LogP contribution in [0.5, 0.6) is 0 Å². The maximum atomic E-state index is 11.5. The zero-order valence-electron chi connectivity index (χ0n) is 9.19. The summed E-state index contributed by atoms with van der Waals surface area (Å²) in [5, 5.41) is 8.85. The fraction of sp³-hybridized carbons (Fsp3) is 0.364. The highest BCUT2D eigenvalue weighted by atomic mass is 35.5. The van der Waals surface area contributed by atoms with Crippen molar-refractivity contribution in [1.29, 1.82) is 0 Å². The summed E-state index contributed by atoms with van der Waals surface area (Å²) in [6.07, 6.45) is 0. The van der Waals surface area contributed by atoms with Crippen molar-refractivity contribution in [3.8, 4) is 0 Å². The second-order valence-electron chi connectivity index (χ2n) is 3.21. The quantitative estimate of drug-likeness (QED) is 0.454. The van der Waals surface area contributed by atoms with Crippen molar-refractivity contribution >= 4 is 23.3 Å². The molecule has 0 atom stereocenters. The summed E-state index contributed by atoms with van der Waals surface area (Å²) in [6, 6.07) is 4.53. The molecular formula is C11H14ClNO4. The van der Waals surface area contributed by atoms with Crippen LogP contribution in [-0.2, 0) is 9.47 Å². The standard InChI is InChI=1S/C11H14ClNO4/c12-9-2-1-8(7-10(9)13)11(15)17-6-5-16-4-3-14/h1-2,7,14H,3-6,13H2. The lowest BCUT2D eigenvalue weighted by Crippen LogP contribution is -2.12. The van der Waals surface area contributed by atoms with Gasteiger partial charge in [0.2, 0.25) is 0 Å². The number of benzene rings is 1. The van der Waals surface area contributed by atoms with E-state index in [-0.39, 0.29) is 26.4 Å². The van der Waals surface area contributed by atoms with Gasteiger partial charge < -0.3 is 20.3 Å². The van der Waals surface area contributed by atoms with Crippen LogP contribution in [0.1, 0.15) is 10.4 Å². The van der Waals surface area contributed by atoms with E-state index in [1.165, 1.54) is 18.2 Å². The number of aliphatic hydroxyl groups is 1. The largest absolute Gasteiger partial charge is 0.460 e. The Bertz CT molecular complexity index is 384. The van der Waals surface area contributed by atoms with Crippen molar-refractivity contribution in [2.45, 2.75) is 0 Å². The van der Waals surface area contributed by atoms with Gasteiger partial charge in [0.25, 0.3) is 0 Å². The first-order valence-corrected chi connectivity index (χ1v) is 5.43. The van der Waals surface area contributed by atoms with Gasteiger partial charge in [0, 0.05) is 0 Å². The van der Waals surface area contributed by atoms with Crippen molar-refractivity contribution in [3.63, 3.8) is 0 Å². The van der Waals surface area contributed by atoms with Gasteiger partial charge in [-0.3, -0.25) is 0 Å². The van der Waals surface area contributed by atoms with E-state index in [4.69, 9.17) is 31.9 Å². The number of hydrogen-bond acceptors (Lipinski definition) is 5. The lowest BCUT2D eigenvalue weighted by molar-refractivity contribution is 0.0258. The molecule has 1 aromatic rings. The Kier molecular flexibility index (Phi) is 5.76. The van der Waals surface area contributed by atoms with Gasteiger partial charge >= 0.3 is 5.97 Å². The van der Waals surface area contributed by atoms with Crippen LogP contribution < -0.4 is 5.73 Å². The average Bonchev–Trinajstić information content (AvgIpc) is 2.32. The van der Waals surface area contributed by atoms with Crippen LogP contribution in [0.2, 0.25) is 5.02 Å². The van der Waals surface area contributed by atoms with E-state index in [1.807, 2.05) is 0 Å². The highest BCUT2D eigenvalue weighted by molar-refractivity contribution is 6.33. The summed E-state index contributed by atoms with van der Waals surface area (Å²) in [7, 11) is 0. The highest BCUT2D eigenvalue weighted by Gasteiger charge is 2.08.